The van der Waals surface area contributed by atoms with Crippen molar-refractivity contribution in [2.45, 2.75) is 12.8 Å². The summed E-state index contributed by atoms with van der Waals surface area (Å²) in [5.74, 6) is -1.31. The first-order chi connectivity index (χ1) is 7.06. The zero-order valence-electron chi connectivity index (χ0n) is 8.09. The number of rotatable bonds is 4. The highest BCUT2D eigenvalue weighted by Crippen LogP contribution is 2.29. The van der Waals surface area contributed by atoms with E-state index in [0.29, 0.717) is 10.0 Å². The standard InChI is InChI=1S/C10H10BrFO3/c1-15-10-6(3-5-8(13)14)2-4-7(11)9(10)12/h2,4H,3,5H2,1H3,(H,13,14). The summed E-state index contributed by atoms with van der Waals surface area (Å²) in [5, 5.41) is 8.52. The van der Waals surface area contributed by atoms with Gasteiger partial charge < -0.3 is 9.84 Å². The van der Waals surface area contributed by atoms with Crippen LogP contribution >= 0.6 is 15.9 Å². The van der Waals surface area contributed by atoms with Crippen LogP contribution in [0.25, 0.3) is 0 Å². The van der Waals surface area contributed by atoms with Gasteiger partial charge in [-0.2, -0.15) is 0 Å². The second kappa shape index (κ2) is 5.11. The van der Waals surface area contributed by atoms with Gasteiger partial charge in [0, 0.05) is 6.42 Å². The molecule has 0 heterocycles. The first-order valence-corrected chi connectivity index (χ1v) is 5.08. The van der Waals surface area contributed by atoms with Crippen LogP contribution < -0.4 is 4.74 Å². The largest absolute Gasteiger partial charge is 0.493 e. The summed E-state index contributed by atoms with van der Waals surface area (Å²) in [4.78, 5) is 10.4. The van der Waals surface area contributed by atoms with Crippen LogP contribution in [0.1, 0.15) is 12.0 Å². The lowest BCUT2D eigenvalue weighted by atomic mass is 10.1. The van der Waals surface area contributed by atoms with Gasteiger partial charge in [0.05, 0.1) is 11.6 Å². The van der Waals surface area contributed by atoms with Gasteiger partial charge in [0.1, 0.15) is 0 Å². The van der Waals surface area contributed by atoms with Crippen molar-refractivity contribution in [3.63, 3.8) is 0 Å². The average molecular weight is 277 g/mol. The minimum atomic E-state index is -0.916. The van der Waals surface area contributed by atoms with E-state index in [1.807, 2.05) is 0 Å². The normalized spacial score (nSPS) is 10.1. The number of carbonyl (C=O) groups is 1. The first-order valence-electron chi connectivity index (χ1n) is 4.29. The summed E-state index contributed by atoms with van der Waals surface area (Å²) in [7, 11) is 1.36. The van der Waals surface area contributed by atoms with E-state index in [9.17, 15) is 9.18 Å². The van der Waals surface area contributed by atoms with Gasteiger partial charge in [0.15, 0.2) is 11.6 Å². The Morgan fingerprint density at radius 1 is 1.60 bits per heavy atom. The summed E-state index contributed by atoms with van der Waals surface area (Å²) in [6, 6.07) is 3.18. The van der Waals surface area contributed by atoms with E-state index >= 15 is 0 Å². The molecule has 1 aromatic rings. The number of aryl methyl sites for hydroxylation is 1. The first kappa shape index (κ1) is 12.0. The van der Waals surface area contributed by atoms with Crippen LogP contribution in [0, 0.1) is 5.82 Å². The number of ether oxygens (including phenoxy) is 1. The molecule has 0 aliphatic carbocycles. The van der Waals surface area contributed by atoms with Gasteiger partial charge in [-0.1, -0.05) is 6.07 Å². The van der Waals surface area contributed by atoms with Crippen molar-refractivity contribution in [1.29, 1.82) is 0 Å². The Morgan fingerprint density at radius 3 is 2.80 bits per heavy atom. The van der Waals surface area contributed by atoms with Gasteiger partial charge >= 0.3 is 5.97 Å². The molecule has 0 atom stereocenters. The van der Waals surface area contributed by atoms with Crippen molar-refractivity contribution in [3.8, 4) is 5.75 Å². The smallest absolute Gasteiger partial charge is 0.303 e. The van der Waals surface area contributed by atoms with E-state index in [0.717, 1.165) is 0 Å². The van der Waals surface area contributed by atoms with Crippen LogP contribution in [0.4, 0.5) is 4.39 Å². The number of methoxy groups -OCH3 is 1. The highest BCUT2D eigenvalue weighted by molar-refractivity contribution is 9.10. The van der Waals surface area contributed by atoms with Crippen molar-refractivity contribution in [1.82, 2.24) is 0 Å². The van der Waals surface area contributed by atoms with Crippen LogP contribution in [-0.2, 0) is 11.2 Å². The third-order valence-electron chi connectivity index (χ3n) is 1.94. The highest BCUT2D eigenvalue weighted by atomic mass is 79.9. The van der Waals surface area contributed by atoms with Gasteiger partial charge in [0.25, 0.3) is 0 Å². The number of hydrogen-bond donors (Lipinski definition) is 1. The number of hydrogen-bond acceptors (Lipinski definition) is 2. The number of aliphatic carboxylic acids is 1. The highest BCUT2D eigenvalue weighted by Gasteiger charge is 2.13. The summed E-state index contributed by atoms with van der Waals surface area (Å²) in [5.41, 5.74) is 0.556. The molecule has 0 amide bonds. The maximum atomic E-state index is 13.5. The molecule has 1 rings (SSSR count). The van der Waals surface area contributed by atoms with Gasteiger partial charge in [-0.05, 0) is 34.0 Å². The molecule has 0 aliphatic heterocycles. The second-order valence-corrected chi connectivity index (χ2v) is 3.80. The summed E-state index contributed by atoms with van der Waals surface area (Å²) in [6.45, 7) is 0. The predicted octanol–water partition coefficient (Wildman–Crippen LogP) is 2.61. The fourth-order valence-electron chi connectivity index (χ4n) is 1.23. The molecule has 5 heteroatoms. The van der Waals surface area contributed by atoms with Gasteiger partial charge in [-0.25, -0.2) is 4.39 Å². The van der Waals surface area contributed by atoms with Gasteiger partial charge in [0.2, 0.25) is 0 Å². The Hall–Kier alpha value is -1.10. The van der Waals surface area contributed by atoms with Crippen molar-refractivity contribution >= 4 is 21.9 Å². The van der Waals surface area contributed by atoms with E-state index in [4.69, 9.17) is 9.84 Å². The maximum absolute atomic E-state index is 13.5. The SMILES string of the molecule is COc1c(CCC(=O)O)ccc(Br)c1F. The van der Waals surface area contributed by atoms with Gasteiger partial charge in [-0.3, -0.25) is 4.79 Å². The third-order valence-corrected chi connectivity index (χ3v) is 2.56. The van der Waals surface area contributed by atoms with E-state index in [-0.39, 0.29) is 18.6 Å². The van der Waals surface area contributed by atoms with Crippen molar-refractivity contribution in [3.05, 3.63) is 28.0 Å². The quantitative estimate of drug-likeness (QED) is 0.920. The minimum absolute atomic E-state index is 0.0442. The Morgan fingerprint density at radius 2 is 2.27 bits per heavy atom. The molecule has 0 saturated heterocycles. The molecular formula is C10H10BrFO3. The Bertz CT molecular complexity index is 379. The Balaban J connectivity index is 2.97. The van der Waals surface area contributed by atoms with Crippen LogP contribution in [0.3, 0.4) is 0 Å². The molecule has 1 aromatic carbocycles. The lowest BCUT2D eigenvalue weighted by Gasteiger charge is -2.09. The Labute approximate surface area is 95.0 Å². The monoisotopic (exact) mass is 276 g/mol. The molecule has 0 radical (unpaired) electrons. The minimum Gasteiger partial charge on any atom is -0.493 e. The van der Waals surface area contributed by atoms with Crippen molar-refractivity contribution in [2.24, 2.45) is 0 Å². The zero-order valence-corrected chi connectivity index (χ0v) is 9.67. The van der Waals surface area contributed by atoms with Crippen LogP contribution in [0.15, 0.2) is 16.6 Å². The van der Waals surface area contributed by atoms with Gasteiger partial charge in [-0.15, -0.1) is 0 Å². The molecule has 0 aromatic heterocycles. The van der Waals surface area contributed by atoms with Crippen LogP contribution in [0.2, 0.25) is 0 Å². The molecule has 82 valence electrons. The zero-order chi connectivity index (χ0) is 11.4. The number of benzene rings is 1. The molecule has 3 nitrogen and oxygen atoms in total. The van der Waals surface area contributed by atoms with E-state index in [1.165, 1.54) is 13.2 Å². The number of halogens is 2. The average Bonchev–Trinajstić information content (AvgIpc) is 2.19. The lowest BCUT2D eigenvalue weighted by molar-refractivity contribution is -0.136. The molecule has 1 N–H and O–H groups in total. The number of carboxylic acids is 1. The fraction of sp³-hybridized carbons (Fsp3) is 0.300. The van der Waals surface area contributed by atoms with Crippen LogP contribution in [0.5, 0.6) is 5.75 Å². The molecule has 0 fully saturated rings. The summed E-state index contributed by atoms with van der Waals surface area (Å²) in [6.07, 6.45) is 0.208. The molecule has 15 heavy (non-hydrogen) atoms. The van der Waals surface area contributed by atoms with E-state index < -0.39 is 11.8 Å². The molecule has 0 bridgehead atoms. The van der Waals surface area contributed by atoms with E-state index in [2.05, 4.69) is 15.9 Å². The second-order valence-electron chi connectivity index (χ2n) is 2.95. The lowest BCUT2D eigenvalue weighted by Crippen LogP contribution is -2.01. The molecule has 0 aliphatic rings. The predicted molar refractivity (Wildman–Crippen MR) is 56.6 cm³/mol. The fourth-order valence-corrected chi connectivity index (χ4v) is 1.54. The molecule has 0 saturated carbocycles. The molecular weight excluding hydrogens is 267 g/mol. The summed E-state index contributed by atoms with van der Waals surface area (Å²) < 4.78 is 18.7. The molecule has 0 unspecified atom stereocenters. The van der Waals surface area contributed by atoms with Crippen molar-refractivity contribution in [2.75, 3.05) is 7.11 Å². The topological polar surface area (TPSA) is 46.5 Å². The van der Waals surface area contributed by atoms with E-state index in [1.54, 1.807) is 6.07 Å². The Kier molecular flexibility index (Phi) is 4.08. The molecule has 0 spiro atoms. The van der Waals surface area contributed by atoms with Crippen LogP contribution in [-0.4, -0.2) is 18.2 Å². The number of carboxylic acid groups (broad SMARTS) is 1. The maximum Gasteiger partial charge on any atom is 0.303 e. The third kappa shape index (κ3) is 2.92. The van der Waals surface area contributed by atoms with Crippen molar-refractivity contribution < 1.29 is 19.0 Å². The summed E-state index contributed by atoms with van der Waals surface area (Å²) >= 11 is 3.03.